The monoisotopic (exact) mass is 234 g/mol. The smallest absolute Gasteiger partial charge is 0.410 e. The standard InChI is InChI=1S/C9H10N6O2/c1-15-8(12-9(16)17)7(13-14-15)6-3-2-5(10)4-11-6/h2-4,12H,10H2,1H3,(H,16,17). The van der Waals surface area contributed by atoms with Crippen LogP contribution >= 0.6 is 0 Å². The zero-order valence-corrected chi connectivity index (χ0v) is 8.95. The molecular weight excluding hydrogens is 224 g/mol. The molecule has 88 valence electrons. The van der Waals surface area contributed by atoms with E-state index in [-0.39, 0.29) is 5.82 Å². The number of pyridine rings is 1. The number of nitrogen functional groups attached to an aromatic ring is 1. The number of hydrogen-bond donors (Lipinski definition) is 3. The second kappa shape index (κ2) is 4.08. The Bertz CT molecular complexity index is 547. The van der Waals surface area contributed by atoms with Crippen LogP contribution in [0.15, 0.2) is 18.3 Å². The highest BCUT2D eigenvalue weighted by Crippen LogP contribution is 2.23. The lowest BCUT2D eigenvalue weighted by Gasteiger charge is -2.03. The van der Waals surface area contributed by atoms with Crippen molar-refractivity contribution in [1.29, 1.82) is 0 Å². The quantitative estimate of drug-likeness (QED) is 0.698. The third kappa shape index (κ3) is 2.14. The predicted molar refractivity (Wildman–Crippen MR) is 60.3 cm³/mol. The van der Waals surface area contributed by atoms with Gasteiger partial charge in [0.1, 0.15) is 0 Å². The van der Waals surface area contributed by atoms with Gasteiger partial charge in [-0.2, -0.15) is 0 Å². The summed E-state index contributed by atoms with van der Waals surface area (Å²) in [5.74, 6) is 0.259. The van der Waals surface area contributed by atoms with Crippen molar-refractivity contribution in [3.8, 4) is 11.4 Å². The number of nitrogens with two attached hydrogens (primary N) is 1. The highest BCUT2D eigenvalue weighted by Gasteiger charge is 2.15. The van der Waals surface area contributed by atoms with Crippen LogP contribution in [0.2, 0.25) is 0 Å². The summed E-state index contributed by atoms with van der Waals surface area (Å²) in [6.45, 7) is 0. The van der Waals surface area contributed by atoms with Crippen LogP contribution in [0.1, 0.15) is 0 Å². The molecule has 8 heteroatoms. The topological polar surface area (TPSA) is 119 Å². The summed E-state index contributed by atoms with van der Waals surface area (Å²) >= 11 is 0. The largest absolute Gasteiger partial charge is 0.465 e. The van der Waals surface area contributed by atoms with E-state index in [0.29, 0.717) is 17.1 Å². The Labute approximate surface area is 96.1 Å². The molecule has 0 aliphatic carbocycles. The van der Waals surface area contributed by atoms with Crippen molar-refractivity contribution in [3.05, 3.63) is 18.3 Å². The first-order chi connectivity index (χ1) is 8.08. The zero-order chi connectivity index (χ0) is 12.4. The summed E-state index contributed by atoms with van der Waals surface area (Å²) in [6, 6.07) is 3.30. The number of nitrogens with one attached hydrogen (secondary N) is 1. The number of carbonyl (C=O) groups is 1. The molecule has 0 saturated carbocycles. The maximum atomic E-state index is 10.6. The van der Waals surface area contributed by atoms with E-state index in [1.54, 1.807) is 19.2 Å². The number of nitrogens with zero attached hydrogens (tertiary/aromatic N) is 4. The SMILES string of the molecule is Cn1nnc(-c2ccc(N)cn2)c1NC(=O)O. The number of aromatic nitrogens is 4. The Morgan fingerprint density at radius 3 is 2.88 bits per heavy atom. The first-order valence-corrected chi connectivity index (χ1v) is 4.69. The van der Waals surface area contributed by atoms with Crippen LogP contribution in [0.4, 0.5) is 16.3 Å². The minimum Gasteiger partial charge on any atom is -0.465 e. The molecule has 0 radical (unpaired) electrons. The number of aryl methyl sites for hydroxylation is 1. The fraction of sp³-hybridized carbons (Fsp3) is 0.111. The molecule has 2 aromatic rings. The lowest BCUT2D eigenvalue weighted by molar-refractivity contribution is 0.209. The Morgan fingerprint density at radius 2 is 2.29 bits per heavy atom. The molecule has 4 N–H and O–H groups in total. The minimum absolute atomic E-state index is 0.259. The van der Waals surface area contributed by atoms with Gasteiger partial charge in [-0.1, -0.05) is 5.21 Å². The Balaban J connectivity index is 2.45. The van der Waals surface area contributed by atoms with Gasteiger partial charge in [-0.3, -0.25) is 10.3 Å². The minimum atomic E-state index is -1.19. The molecular formula is C9H10N6O2. The Kier molecular flexibility index (Phi) is 2.61. The lowest BCUT2D eigenvalue weighted by Crippen LogP contribution is -2.11. The van der Waals surface area contributed by atoms with Gasteiger partial charge in [0.25, 0.3) is 0 Å². The van der Waals surface area contributed by atoms with Gasteiger partial charge in [-0.25, -0.2) is 9.48 Å². The zero-order valence-electron chi connectivity index (χ0n) is 8.95. The van der Waals surface area contributed by atoms with Crippen molar-refractivity contribution >= 4 is 17.6 Å². The number of rotatable bonds is 2. The summed E-state index contributed by atoms with van der Waals surface area (Å²) < 4.78 is 1.32. The second-order valence-corrected chi connectivity index (χ2v) is 3.32. The number of hydrogen-bond acceptors (Lipinski definition) is 5. The normalized spacial score (nSPS) is 10.2. The van der Waals surface area contributed by atoms with Gasteiger partial charge in [0.2, 0.25) is 0 Å². The van der Waals surface area contributed by atoms with Crippen LogP contribution in [0.5, 0.6) is 0 Å². The molecule has 2 rings (SSSR count). The van der Waals surface area contributed by atoms with Gasteiger partial charge in [0, 0.05) is 7.05 Å². The Morgan fingerprint density at radius 1 is 1.53 bits per heavy atom. The molecule has 0 atom stereocenters. The van der Waals surface area contributed by atoms with E-state index in [4.69, 9.17) is 10.8 Å². The lowest BCUT2D eigenvalue weighted by atomic mass is 10.2. The number of anilines is 2. The second-order valence-electron chi connectivity index (χ2n) is 3.32. The van der Waals surface area contributed by atoms with Crippen molar-refractivity contribution in [3.63, 3.8) is 0 Å². The first-order valence-electron chi connectivity index (χ1n) is 4.69. The average molecular weight is 234 g/mol. The van der Waals surface area contributed by atoms with Gasteiger partial charge >= 0.3 is 6.09 Å². The van der Waals surface area contributed by atoms with E-state index in [1.165, 1.54) is 10.9 Å². The molecule has 0 fully saturated rings. The van der Waals surface area contributed by atoms with Gasteiger partial charge in [-0.05, 0) is 12.1 Å². The van der Waals surface area contributed by atoms with Gasteiger partial charge < -0.3 is 10.8 Å². The van der Waals surface area contributed by atoms with Crippen LogP contribution in [0, 0.1) is 0 Å². The molecule has 2 aromatic heterocycles. The van der Waals surface area contributed by atoms with E-state index in [0.717, 1.165) is 0 Å². The van der Waals surface area contributed by atoms with Crippen molar-refractivity contribution in [1.82, 2.24) is 20.0 Å². The fourth-order valence-electron chi connectivity index (χ4n) is 1.32. The van der Waals surface area contributed by atoms with Crippen molar-refractivity contribution in [2.45, 2.75) is 0 Å². The van der Waals surface area contributed by atoms with Gasteiger partial charge in [-0.15, -0.1) is 5.10 Å². The summed E-state index contributed by atoms with van der Waals surface area (Å²) in [4.78, 5) is 14.7. The molecule has 2 heterocycles. The van der Waals surface area contributed by atoms with E-state index >= 15 is 0 Å². The summed E-state index contributed by atoms with van der Waals surface area (Å²) in [5, 5.41) is 18.5. The van der Waals surface area contributed by atoms with Gasteiger partial charge in [0.15, 0.2) is 11.5 Å². The molecule has 17 heavy (non-hydrogen) atoms. The third-order valence-corrected chi connectivity index (χ3v) is 2.08. The highest BCUT2D eigenvalue weighted by atomic mass is 16.4. The van der Waals surface area contributed by atoms with Crippen molar-refractivity contribution in [2.24, 2.45) is 7.05 Å². The summed E-state index contributed by atoms with van der Waals surface area (Å²) in [6.07, 6.45) is 0.279. The number of carboxylic acid groups (broad SMARTS) is 1. The van der Waals surface area contributed by atoms with E-state index in [2.05, 4.69) is 20.6 Å². The third-order valence-electron chi connectivity index (χ3n) is 2.08. The molecule has 0 unspecified atom stereocenters. The average Bonchev–Trinajstić information content (AvgIpc) is 2.61. The summed E-state index contributed by atoms with van der Waals surface area (Å²) in [5.41, 5.74) is 6.89. The van der Waals surface area contributed by atoms with Gasteiger partial charge in [0.05, 0.1) is 17.6 Å². The maximum Gasteiger partial charge on any atom is 0.410 e. The van der Waals surface area contributed by atoms with E-state index < -0.39 is 6.09 Å². The molecule has 0 aromatic carbocycles. The van der Waals surface area contributed by atoms with E-state index in [9.17, 15) is 4.79 Å². The molecule has 0 aliphatic heterocycles. The fourth-order valence-corrected chi connectivity index (χ4v) is 1.32. The molecule has 1 amide bonds. The van der Waals surface area contributed by atoms with E-state index in [1.807, 2.05) is 0 Å². The first kappa shape index (κ1) is 10.9. The van der Waals surface area contributed by atoms with Crippen molar-refractivity contribution in [2.75, 3.05) is 11.1 Å². The number of amides is 1. The maximum absolute atomic E-state index is 10.6. The molecule has 8 nitrogen and oxygen atoms in total. The molecule has 0 bridgehead atoms. The predicted octanol–water partition coefficient (Wildman–Crippen LogP) is 0.549. The molecule has 0 saturated heterocycles. The molecule has 0 aliphatic rings. The van der Waals surface area contributed by atoms with Crippen molar-refractivity contribution < 1.29 is 9.90 Å². The van der Waals surface area contributed by atoms with Crippen LogP contribution < -0.4 is 11.1 Å². The molecule has 0 spiro atoms. The van der Waals surface area contributed by atoms with Crippen LogP contribution in [0.3, 0.4) is 0 Å². The Hall–Kier alpha value is -2.64. The van der Waals surface area contributed by atoms with Crippen LogP contribution in [-0.2, 0) is 7.05 Å². The van der Waals surface area contributed by atoms with Crippen LogP contribution in [-0.4, -0.2) is 31.2 Å². The highest BCUT2D eigenvalue weighted by molar-refractivity contribution is 5.86. The summed E-state index contributed by atoms with van der Waals surface area (Å²) in [7, 11) is 1.58. The van der Waals surface area contributed by atoms with Crippen LogP contribution in [0.25, 0.3) is 11.4 Å².